The minimum atomic E-state index is 0.102. The average Bonchev–Trinajstić information content (AvgIpc) is 3.08. The number of hydrogen-bond acceptors (Lipinski definition) is 6. The molecule has 2 aromatic rings. The summed E-state index contributed by atoms with van der Waals surface area (Å²) in [4.78, 5) is 21.5. The molecule has 0 saturated carbocycles. The van der Waals surface area contributed by atoms with Gasteiger partial charge in [0.05, 0.1) is 23.4 Å². The maximum atomic E-state index is 12.4. The van der Waals surface area contributed by atoms with E-state index in [1.165, 1.54) is 11.3 Å². The highest BCUT2D eigenvalue weighted by Gasteiger charge is 2.24. The van der Waals surface area contributed by atoms with Gasteiger partial charge in [-0.1, -0.05) is 5.16 Å². The van der Waals surface area contributed by atoms with Crippen molar-refractivity contribution in [2.75, 3.05) is 26.2 Å². The number of thiazole rings is 1. The molecule has 0 spiro atoms. The predicted octanol–water partition coefficient (Wildman–Crippen LogP) is 1.71. The lowest BCUT2D eigenvalue weighted by Crippen LogP contribution is -2.48. The van der Waals surface area contributed by atoms with Gasteiger partial charge in [0, 0.05) is 32.2 Å². The van der Waals surface area contributed by atoms with Gasteiger partial charge in [0.1, 0.15) is 4.88 Å². The first-order valence-corrected chi connectivity index (χ1v) is 7.85. The second-order valence-electron chi connectivity index (χ2n) is 5.27. The van der Waals surface area contributed by atoms with Gasteiger partial charge in [-0.25, -0.2) is 4.98 Å². The van der Waals surface area contributed by atoms with Crippen LogP contribution in [-0.4, -0.2) is 52.0 Å². The first-order chi connectivity index (χ1) is 10.1. The summed E-state index contributed by atoms with van der Waals surface area (Å²) in [5.74, 6) is 0.982. The molecular weight excluding hydrogens is 288 g/mol. The summed E-state index contributed by atoms with van der Waals surface area (Å²) in [6.07, 6.45) is 0. The topological polar surface area (TPSA) is 62.5 Å². The lowest BCUT2D eigenvalue weighted by molar-refractivity contribution is 0.0621. The Morgan fingerprint density at radius 3 is 2.67 bits per heavy atom. The van der Waals surface area contributed by atoms with E-state index >= 15 is 0 Å². The maximum Gasteiger partial charge on any atom is 0.265 e. The third-order valence-electron chi connectivity index (χ3n) is 3.66. The molecule has 0 radical (unpaired) electrons. The van der Waals surface area contributed by atoms with Crippen molar-refractivity contribution in [1.82, 2.24) is 19.9 Å². The Hall–Kier alpha value is -1.73. The SMILES string of the molecule is Cc1cc(CN2CCN(C(=O)c3scnc3C)CC2)on1. The summed E-state index contributed by atoms with van der Waals surface area (Å²) in [6.45, 7) is 7.73. The summed E-state index contributed by atoms with van der Waals surface area (Å²) < 4.78 is 5.24. The number of aryl methyl sites for hydroxylation is 2. The minimum absolute atomic E-state index is 0.102. The lowest BCUT2D eigenvalue weighted by atomic mass is 10.2. The van der Waals surface area contributed by atoms with Crippen LogP contribution in [0.15, 0.2) is 16.1 Å². The zero-order valence-electron chi connectivity index (χ0n) is 12.2. The molecule has 0 aromatic carbocycles. The van der Waals surface area contributed by atoms with Crippen LogP contribution >= 0.6 is 11.3 Å². The first-order valence-electron chi connectivity index (χ1n) is 6.97. The number of amides is 1. The molecule has 0 aliphatic carbocycles. The van der Waals surface area contributed by atoms with Gasteiger partial charge in [0.25, 0.3) is 5.91 Å². The molecule has 6 nitrogen and oxygen atoms in total. The smallest absolute Gasteiger partial charge is 0.265 e. The number of aromatic nitrogens is 2. The Morgan fingerprint density at radius 1 is 1.33 bits per heavy atom. The van der Waals surface area contributed by atoms with Gasteiger partial charge in [-0.05, 0) is 13.8 Å². The van der Waals surface area contributed by atoms with E-state index in [2.05, 4.69) is 15.0 Å². The highest BCUT2D eigenvalue weighted by molar-refractivity contribution is 7.11. The molecule has 1 aliphatic rings. The summed E-state index contributed by atoms with van der Waals surface area (Å²) in [6, 6.07) is 1.96. The van der Waals surface area contributed by atoms with Crippen LogP contribution in [0.4, 0.5) is 0 Å². The van der Waals surface area contributed by atoms with Crippen molar-refractivity contribution < 1.29 is 9.32 Å². The molecular formula is C14H18N4O2S. The Morgan fingerprint density at radius 2 is 2.10 bits per heavy atom. The Bertz CT molecular complexity index is 628. The van der Waals surface area contributed by atoms with E-state index in [1.54, 1.807) is 5.51 Å². The molecule has 1 fully saturated rings. The average molecular weight is 306 g/mol. The molecule has 3 rings (SSSR count). The number of rotatable bonds is 3. The van der Waals surface area contributed by atoms with Crippen LogP contribution in [0.3, 0.4) is 0 Å². The molecule has 0 N–H and O–H groups in total. The second kappa shape index (κ2) is 5.95. The molecule has 112 valence electrons. The van der Waals surface area contributed by atoms with Crippen molar-refractivity contribution in [2.24, 2.45) is 0 Å². The molecule has 1 amide bonds. The molecule has 1 saturated heterocycles. The minimum Gasteiger partial charge on any atom is -0.360 e. The molecule has 0 unspecified atom stereocenters. The zero-order valence-corrected chi connectivity index (χ0v) is 13.0. The van der Waals surface area contributed by atoms with E-state index in [-0.39, 0.29) is 5.91 Å². The normalized spacial score (nSPS) is 16.4. The Labute approximate surface area is 127 Å². The van der Waals surface area contributed by atoms with Crippen LogP contribution in [0.2, 0.25) is 0 Å². The van der Waals surface area contributed by atoms with Crippen molar-refractivity contribution in [3.05, 3.63) is 33.6 Å². The van der Waals surface area contributed by atoms with Crippen LogP contribution in [-0.2, 0) is 6.54 Å². The number of nitrogens with zero attached hydrogens (tertiary/aromatic N) is 4. The molecule has 1 aliphatic heterocycles. The summed E-state index contributed by atoms with van der Waals surface area (Å²) >= 11 is 1.42. The summed E-state index contributed by atoms with van der Waals surface area (Å²) in [7, 11) is 0. The van der Waals surface area contributed by atoms with Crippen LogP contribution in [0.1, 0.15) is 26.8 Å². The van der Waals surface area contributed by atoms with Crippen molar-refractivity contribution in [2.45, 2.75) is 20.4 Å². The third-order valence-corrected chi connectivity index (χ3v) is 4.57. The zero-order chi connectivity index (χ0) is 14.8. The number of carbonyl (C=O) groups excluding carboxylic acids is 1. The van der Waals surface area contributed by atoms with E-state index < -0.39 is 0 Å². The van der Waals surface area contributed by atoms with Crippen molar-refractivity contribution >= 4 is 17.2 Å². The Balaban J connectivity index is 1.55. The molecule has 0 atom stereocenters. The van der Waals surface area contributed by atoms with Gasteiger partial charge >= 0.3 is 0 Å². The monoisotopic (exact) mass is 306 g/mol. The number of carbonyl (C=O) groups is 1. The van der Waals surface area contributed by atoms with Crippen LogP contribution in [0.25, 0.3) is 0 Å². The fourth-order valence-electron chi connectivity index (χ4n) is 2.47. The van der Waals surface area contributed by atoms with E-state index in [9.17, 15) is 4.79 Å². The standard InChI is InChI=1S/C14H18N4O2S/c1-10-7-12(20-16-10)8-17-3-5-18(6-4-17)14(19)13-11(2)15-9-21-13/h7,9H,3-6,8H2,1-2H3. The summed E-state index contributed by atoms with van der Waals surface area (Å²) in [5.41, 5.74) is 3.45. The fraction of sp³-hybridized carbons (Fsp3) is 0.500. The fourth-order valence-corrected chi connectivity index (χ4v) is 3.24. The third kappa shape index (κ3) is 3.14. The molecule has 0 bridgehead atoms. The van der Waals surface area contributed by atoms with Crippen LogP contribution in [0.5, 0.6) is 0 Å². The van der Waals surface area contributed by atoms with Crippen LogP contribution < -0.4 is 0 Å². The van der Waals surface area contributed by atoms with E-state index in [1.807, 2.05) is 24.8 Å². The maximum absolute atomic E-state index is 12.4. The highest BCUT2D eigenvalue weighted by Crippen LogP contribution is 2.17. The largest absolute Gasteiger partial charge is 0.360 e. The van der Waals surface area contributed by atoms with Crippen molar-refractivity contribution in [3.8, 4) is 0 Å². The van der Waals surface area contributed by atoms with Gasteiger partial charge in [-0.2, -0.15) is 0 Å². The second-order valence-corrected chi connectivity index (χ2v) is 6.12. The molecule has 3 heterocycles. The van der Waals surface area contributed by atoms with Gasteiger partial charge in [-0.3, -0.25) is 9.69 Å². The van der Waals surface area contributed by atoms with Crippen LogP contribution in [0, 0.1) is 13.8 Å². The van der Waals surface area contributed by atoms with Crippen molar-refractivity contribution in [3.63, 3.8) is 0 Å². The van der Waals surface area contributed by atoms with E-state index in [0.717, 1.165) is 54.7 Å². The molecule has 21 heavy (non-hydrogen) atoms. The first kappa shape index (κ1) is 14.2. The molecule has 7 heteroatoms. The van der Waals surface area contributed by atoms with Crippen molar-refractivity contribution in [1.29, 1.82) is 0 Å². The van der Waals surface area contributed by atoms with Gasteiger partial charge in [-0.15, -0.1) is 11.3 Å². The van der Waals surface area contributed by atoms with E-state index in [0.29, 0.717) is 0 Å². The number of hydrogen-bond donors (Lipinski definition) is 0. The highest BCUT2D eigenvalue weighted by atomic mass is 32.1. The van der Waals surface area contributed by atoms with Gasteiger partial charge < -0.3 is 9.42 Å². The molecule has 2 aromatic heterocycles. The predicted molar refractivity (Wildman–Crippen MR) is 79.3 cm³/mol. The quantitative estimate of drug-likeness (QED) is 0.864. The van der Waals surface area contributed by atoms with Gasteiger partial charge in [0.2, 0.25) is 0 Å². The van der Waals surface area contributed by atoms with Gasteiger partial charge in [0.15, 0.2) is 5.76 Å². The van der Waals surface area contributed by atoms with E-state index in [4.69, 9.17) is 4.52 Å². The summed E-state index contributed by atoms with van der Waals surface area (Å²) in [5, 5.41) is 3.90. The number of piperazine rings is 1. The lowest BCUT2D eigenvalue weighted by Gasteiger charge is -2.33. The Kier molecular flexibility index (Phi) is 4.03.